The van der Waals surface area contributed by atoms with Crippen molar-refractivity contribution in [2.75, 3.05) is 6.61 Å². The first-order valence-corrected chi connectivity index (χ1v) is 10.5. The lowest BCUT2D eigenvalue weighted by Gasteiger charge is -2.32. The van der Waals surface area contributed by atoms with Gasteiger partial charge in [-0.05, 0) is 77.9 Å². The largest absolute Gasteiger partial charge is 0.462 e. The third-order valence-electron chi connectivity index (χ3n) is 5.58. The predicted octanol–water partition coefficient (Wildman–Crippen LogP) is 5.77. The van der Waals surface area contributed by atoms with Crippen LogP contribution in [0.3, 0.4) is 0 Å². The van der Waals surface area contributed by atoms with Gasteiger partial charge in [0.1, 0.15) is 0 Å². The summed E-state index contributed by atoms with van der Waals surface area (Å²) in [6.07, 6.45) is 7.01. The van der Waals surface area contributed by atoms with Crippen molar-refractivity contribution < 1.29 is 9.53 Å². The number of esters is 1. The Bertz CT molecular complexity index is 1190. The van der Waals surface area contributed by atoms with Crippen LogP contribution >= 0.6 is 0 Å². The van der Waals surface area contributed by atoms with Crippen molar-refractivity contribution in [1.82, 2.24) is 4.98 Å². The fraction of sp³-hybridized carbons (Fsp3) is 0.214. The zero-order chi connectivity index (χ0) is 21.8. The minimum atomic E-state index is -0.311. The number of rotatable bonds is 3. The highest BCUT2D eigenvalue weighted by Crippen LogP contribution is 2.41. The van der Waals surface area contributed by atoms with Gasteiger partial charge in [-0.1, -0.05) is 43.9 Å². The second kappa shape index (κ2) is 8.62. The Morgan fingerprint density at radius 1 is 1.06 bits per heavy atom. The third kappa shape index (κ3) is 4.44. The number of allylic oxidation sites excluding steroid dienone is 1. The van der Waals surface area contributed by atoms with Gasteiger partial charge in [0, 0.05) is 29.1 Å². The summed E-state index contributed by atoms with van der Waals surface area (Å²) in [4.78, 5) is 16.1. The number of carbonyl (C=O) groups excluding carboxylic acids is 1. The van der Waals surface area contributed by atoms with Gasteiger partial charge in [-0.15, -0.1) is 0 Å². The molecule has 0 atom stereocenters. The van der Waals surface area contributed by atoms with Crippen molar-refractivity contribution in [3.8, 4) is 11.8 Å². The van der Waals surface area contributed by atoms with Crippen LogP contribution in [-0.4, -0.2) is 17.6 Å². The molecule has 0 fully saturated rings. The van der Waals surface area contributed by atoms with Gasteiger partial charge in [0.15, 0.2) is 0 Å². The third-order valence-corrected chi connectivity index (χ3v) is 5.58. The molecule has 1 aromatic heterocycles. The fourth-order valence-corrected chi connectivity index (χ4v) is 3.86. The van der Waals surface area contributed by atoms with Crippen LogP contribution < -0.4 is 0 Å². The zero-order valence-electron chi connectivity index (χ0n) is 18.1. The molecule has 0 N–H and O–H groups in total. The van der Waals surface area contributed by atoms with Crippen molar-refractivity contribution in [2.24, 2.45) is 0 Å². The molecule has 0 bridgehead atoms. The van der Waals surface area contributed by atoms with Crippen LogP contribution in [0.25, 0.3) is 5.57 Å². The lowest BCUT2D eigenvalue weighted by atomic mass is 9.72. The first kappa shape index (κ1) is 20.6. The molecule has 0 radical (unpaired) electrons. The van der Waals surface area contributed by atoms with Crippen molar-refractivity contribution in [2.45, 2.75) is 32.6 Å². The number of hydrogen-bond donors (Lipinski definition) is 0. The van der Waals surface area contributed by atoms with E-state index in [-0.39, 0.29) is 11.4 Å². The van der Waals surface area contributed by atoms with Gasteiger partial charge in [-0.3, -0.25) is 4.98 Å². The first-order valence-electron chi connectivity index (χ1n) is 10.5. The molecule has 0 saturated carbocycles. The van der Waals surface area contributed by atoms with Crippen LogP contribution in [0.15, 0.2) is 73.1 Å². The number of ether oxygens (including phenoxy) is 1. The maximum absolute atomic E-state index is 11.8. The second-order valence-electron chi connectivity index (χ2n) is 8.26. The predicted molar refractivity (Wildman–Crippen MR) is 124 cm³/mol. The summed E-state index contributed by atoms with van der Waals surface area (Å²) in [6, 6.07) is 17.7. The van der Waals surface area contributed by atoms with Gasteiger partial charge < -0.3 is 4.74 Å². The Labute approximate surface area is 183 Å². The molecule has 0 unspecified atom stereocenters. The van der Waals surface area contributed by atoms with Gasteiger partial charge in [0.05, 0.1) is 12.2 Å². The number of benzene rings is 2. The second-order valence-corrected chi connectivity index (χ2v) is 8.26. The Morgan fingerprint density at radius 2 is 1.81 bits per heavy atom. The lowest BCUT2D eigenvalue weighted by molar-refractivity contribution is 0.0526. The van der Waals surface area contributed by atoms with Gasteiger partial charge in [0.25, 0.3) is 0 Å². The molecule has 2 aromatic carbocycles. The maximum atomic E-state index is 11.8. The monoisotopic (exact) mass is 407 g/mol. The quantitative estimate of drug-likeness (QED) is 0.409. The van der Waals surface area contributed by atoms with E-state index < -0.39 is 0 Å². The fourth-order valence-electron chi connectivity index (χ4n) is 3.86. The molecule has 3 heteroatoms. The molecular formula is C28H25NO2. The zero-order valence-corrected chi connectivity index (χ0v) is 18.1. The highest BCUT2D eigenvalue weighted by molar-refractivity contribution is 5.89. The molecule has 1 aliphatic rings. The Morgan fingerprint density at radius 3 is 2.52 bits per heavy atom. The number of hydrogen-bond acceptors (Lipinski definition) is 3. The molecule has 0 amide bonds. The lowest BCUT2D eigenvalue weighted by Crippen LogP contribution is -2.22. The SMILES string of the molecule is CCOC(=O)c1ccc(C#Cc2ccc3c(c2)C(c2cccnc2)=CCC3(C)C)cc1. The van der Waals surface area contributed by atoms with Crippen LogP contribution in [-0.2, 0) is 10.2 Å². The normalized spacial score (nSPS) is 14.0. The van der Waals surface area contributed by atoms with Crippen LogP contribution in [0.1, 0.15) is 65.4 Å². The van der Waals surface area contributed by atoms with E-state index in [1.165, 1.54) is 16.7 Å². The van der Waals surface area contributed by atoms with Crippen LogP contribution in [0.2, 0.25) is 0 Å². The van der Waals surface area contributed by atoms with Crippen molar-refractivity contribution in [1.29, 1.82) is 0 Å². The Kier molecular flexibility index (Phi) is 5.73. The van der Waals surface area contributed by atoms with Crippen molar-refractivity contribution in [3.63, 3.8) is 0 Å². The number of carbonyl (C=O) groups is 1. The van der Waals surface area contributed by atoms with Crippen molar-refractivity contribution >= 4 is 11.5 Å². The summed E-state index contributed by atoms with van der Waals surface area (Å²) in [5, 5.41) is 0. The molecule has 0 aliphatic heterocycles. The van der Waals surface area contributed by atoms with Crippen LogP contribution in [0, 0.1) is 11.8 Å². The van der Waals surface area contributed by atoms with Gasteiger partial charge >= 0.3 is 5.97 Å². The van der Waals surface area contributed by atoms with E-state index in [0.29, 0.717) is 12.2 Å². The Balaban J connectivity index is 1.66. The van der Waals surface area contributed by atoms with Crippen LogP contribution in [0.5, 0.6) is 0 Å². The minimum absolute atomic E-state index is 0.0793. The summed E-state index contributed by atoms with van der Waals surface area (Å²) in [5.41, 5.74) is 7.32. The number of aromatic nitrogens is 1. The molecule has 1 heterocycles. The van der Waals surface area contributed by atoms with E-state index in [4.69, 9.17) is 4.74 Å². The molecule has 31 heavy (non-hydrogen) atoms. The maximum Gasteiger partial charge on any atom is 0.338 e. The average Bonchev–Trinajstić information content (AvgIpc) is 2.79. The highest BCUT2D eigenvalue weighted by Gasteiger charge is 2.28. The molecule has 3 nitrogen and oxygen atoms in total. The van der Waals surface area contributed by atoms with E-state index in [9.17, 15) is 4.79 Å². The Hall–Kier alpha value is -3.64. The van der Waals surface area contributed by atoms with Crippen molar-refractivity contribution in [3.05, 3.63) is 106 Å². The molecule has 0 spiro atoms. The van der Waals surface area contributed by atoms with Gasteiger partial charge in [-0.2, -0.15) is 0 Å². The van der Waals surface area contributed by atoms with E-state index >= 15 is 0 Å². The number of pyridine rings is 1. The minimum Gasteiger partial charge on any atom is -0.462 e. The standard InChI is InChI=1S/C28H25NO2/c1-4-31-27(30)22-12-9-20(10-13-22)7-8-21-11-14-26-25(18-21)24(15-16-28(26,2)3)23-6-5-17-29-19-23/h5-6,9-15,17-19H,4,16H2,1-3H3. The summed E-state index contributed by atoms with van der Waals surface area (Å²) in [7, 11) is 0. The molecule has 4 rings (SSSR count). The van der Waals surface area contributed by atoms with E-state index in [0.717, 1.165) is 23.1 Å². The van der Waals surface area contributed by atoms with E-state index in [2.05, 4.69) is 61.0 Å². The van der Waals surface area contributed by atoms with Gasteiger partial charge in [-0.25, -0.2) is 4.79 Å². The number of fused-ring (bicyclic) bond motifs is 1. The van der Waals surface area contributed by atoms with Crippen LogP contribution in [0.4, 0.5) is 0 Å². The summed E-state index contributed by atoms with van der Waals surface area (Å²) in [6.45, 7) is 6.72. The smallest absolute Gasteiger partial charge is 0.338 e. The molecule has 154 valence electrons. The van der Waals surface area contributed by atoms with Gasteiger partial charge in [0.2, 0.25) is 0 Å². The summed E-state index contributed by atoms with van der Waals surface area (Å²) < 4.78 is 5.03. The molecular weight excluding hydrogens is 382 g/mol. The molecule has 3 aromatic rings. The molecule has 0 saturated heterocycles. The summed E-state index contributed by atoms with van der Waals surface area (Å²) in [5.74, 6) is 6.17. The average molecular weight is 408 g/mol. The topological polar surface area (TPSA) is 39.2 Å². The van der Waals surface area contributed by atoms with E-state index in [1.807, 2.05) is 24.4 Å². The first-order chi connectivity index (χ1) is 15.0. The summed E-state index contributed by atoms with van der Waals surface area (Å²) >= 11 is 0. The highest BCUT2D eigenvalue weighted by atomic mass is 16.5. The van der Waals surface area contributed by atoms with E-state index in [1.54, 1.807) is 25.3 Å². The number of nitrogens with zero attached hydrogens (tertiary/aromatic N) is 1. The molecule has 1 aliphatic carbocycles.